The molecule has 2 aromatic rings. The number of amides is 1. The van der Waals surface area contributed by atoms with E-state index in [2.05, 4.69) is 26.2 Å². The van der Waals surface area contributed by atoms with Crippen molar-refractivity contribution >= 4 is 39.0 Å². The van der Waals surface area contributed by atoms with E-state index in [1.165, 1.54) is 6.20 Å². The predicted molar refractivity (Wildman–Crippen MR) is 85.4 cm³/mol. The van der Waals surface area contributed by atoms with E-state index in [1.54, 1.807) is 12.1 Å². The lowest BCUT2D eigenvalue weighted by molar-refractivity contribution is 0.0946. The van der Waals surface area contributed by atoms with E-state index >= 15 is 0 Å². The summed E-state index contributed by atoms with van der Waals surface area (Å²) in [5.41, 5.74) is 7.45. The Labute approximate surface area is 130 Å². The lowest BCUT2D eigenvalue weighted by Gasteiger charge is -2.07. The summed E-state index contributed by atoms with van der Waals surface area (Å²) < 4.78 is 0.956. The first-order chi connectivity index (χ1) is 9.58. The second kappa shape index (κ2) is 6.58. The van der Waals surface area contributed by atoms with Crippen LogP contribution in [0.5, 0.6) is 0 Å². The van der Waals surface area contributed by atoms with Gasteiger partial charge in [0, 0.05) is 22.8 Å². The molecule has 1 aromatic heterocycles. The van der Waals surface area contributed by atoms with Gasteiger partial charge < -0.3 is 11.1 Å². The molecule has 0 bridgehead atoms. The summed E-state index contributed by atoms with van der Waals surface area (Å²) >= 11 is 8.27. The third-order valence-electron chi connectivity index (χ3n) is 2.68. The van der Waals surface area contributed by atoms with Gasteiger partial charge in [-0.15, -0.1) is 0 Å². The fraction of sp³-hybridized carbons (Fsp3) is 0.0714. The molecule has 0 aliphatic carbocycles. The third-order valence-corrected chi connectivity index (χ3v) is 3.69. The number of hydrogen-bond donors (Lipinski definition) is 2. The molecule has 3 N–H and O–H groups in total. The number of carbonyl (C=O) groups is 1. The average Bonchev–Trinajstić information content (AvgIpc) is 2.46. The lowest BCUT2D eigenvalue weighted by Crippen LogP contribution is -2.24. The second-order valence-corrected chi connectivity index (χ2v) is 5.36. The van der Waals surface area contributed by atoms with Crippen LogP contribution < -0.4 is 11.1 Å². The van der Waals surface area contributed by atoms with E-state index in [9.17, 15) is 4.79 Å². The largest absolute Gasteiger partial charge is 0.389 e. The number of nitrogens with one attached hydrogen (secondary N) is 1. The fourth-order valence-corrected chi connectivity index (χ4v) is 2.13. The summed E-state index contributed by atoms with van der Waals surface area (Å²) in [5.74, 6) is -0.241. The van der Waals surface area contributed by atoms with Crippen LogP contribution in [-0.2, 0) is 6.54 Å². The first-order valence-corrected chi connectivity index (χ1v) is 7.05. The predicted octanol–water partition coefficient (Wildman–Crippen LogP) is 2.41. The van der Waals surface area contributed by atoms with E-state index in [-0.39, 0.29) is 10.9 Å². The van der Waals surface area contributed by atoms with Crippen LogP contribution in [0.3, 0.4) is 0 Å². The molecule has 0 saturated carbocycles. The minimum absolute atomic E-state index is 0.241. The minimum Gasteiger partial charge on any atom is -0.389 e. The number of benzene rings is 1. The van der Waals surface area contributed by atoms with Crippen LogP contribution in [0.2, 0.25) is 0 Å². The molecule has 0 saturated heterocycles. The van der Waals surface area contributed by atoms with Gasteiger partial charge in [-0.05, 0) is 23.8 Å². The Kier molecular flexibility index (Phi) is 4.81. The van der Waals surface area contributed by atoms with Gasteiger partial charge in [0.05, 0.1) is 0 Å². The second-order valence-electron chi connectivity index (χ2n) is 4.07. The molecule has 0 spiro atoms. The van der Waals surface area contributed by atoms with Crippen LogP contribution in [-0.4, -0.2) is 15.9 Å². The molecule has 6 heteroatoms. The number of thiocarbonyl (C=S) groups is 1. The zero-order chi connectivity index (χ0) is 14.5. The quantitative estimate of drug-likeness (QED) is 0.831. The van der Waals surface area contributed by atoms with E-state index in [4.69, 9.17) is 18.0 Å². The van der Waals surface area contributed by atoms with Crippen molar-refractivity contribution in [2.24, 2.45) is 5.73 Å². The zero-order valence-electron chi connectivity index (χ0n) is 10.5. The van der Waals surface area contributed by atoms with Gasteiger partial charge in [0.15, 0.2) is 0 Å². The summed E-state index contributed by atoms with van der Waals surface area (Å²) in [6, 6.07) is 11.0. The summed E-state index contributed by atoms with van der Waals surface area (Å²) in [7, 11) is 0. The van der Waals surface area contributed by atoms with E-state index < -0.39 is 0 Å². The molecule has 20 heavy (non-hydrogen) atoms. The third kappa shape index (κ3) is 3.61. The summed E-state index contributed by atoms with van der Waals surface area (Å²) in [6.45, 7) is 0.430. The highest BCUT2D eigenvalue weighted by atomic mass is 79.9. The molecule has 0 atom stereocenters. The molecule has 1 amide bonds. The van der Waals surface area contributed by atoms with Crippen molar-refractivity contribution < 1.29 is 4.79 Å². The molecule has 1 heterocycles. The van der Waals surface area contributed by atoms with Crippen molar-refractivity contribution in [1.82, 2.24) is 10.3 Å². The highest BCUT2D eigenvalue weighted by Crippen LogP contribution is 2.15. The Hall–Kier alpha value is -1.79. The van der Waals surface area contributed by atoms with E-state index in [0.717, 1.165) is 10.0 Å². The number of carbonyl (C=O) groups excluding carboxylic acids is 1. The first-order valence-electron chi connectivity index (χ1n) is 5.85. The summed E-state index contributed by atoms with van der Waals surface area (Å²) in [4.78, 5) is 16.3. The maximum atomic E-state index is 12.0. The van der Waals surface area contributed by atoms with Crippen molar-refractivity contribution in [3.05, 3.63) is 63.9 Å². The van der Waals surface area contributed by atoms with Gasteiger partial charge in [0.25, 0.3) is 5.91 Å². The van der Waals surface area contributed by atoms with Gasteiger partial charge in [0.1, 0.15) is 10.7 Å². The normalized spacial score (nSPS) is 10.1. The highest BCUT2D eigenvalue weighted by molar-refractivity contribution is 9.10. The number of hydrogen-bond acceptors (Lipinski definition) is 3. The zero-order valence-corrected chi connectivity index (χ0v) is 12.9. The lowest BCUT2D eigenvalue weighted by atomic mass is 10.2. The number of pyridine rings is 1. The highest BCUT2D eigenvalue weighted by Gasteiger charge is 2.08. The van der Waals surface area contributed by atoms with Gasteiger partial charge in [-0.2, -0.15) is 0 Å². The Morgan fingerprint density at radius 3 is 2.65 bits per heavy atom. The van der Waals surface area contributed by atoms with Crippen LogP contribution in [0, 0.1) is 0 Å². The number of nitrogens with two attached hydrogens (primary N) is 1. The molecule has 0 radical (unpaired) electrons. The van der Waals surface area contributed by atoms with Gasteiger partial charge >= 0.3 is 0 Å². The molecular weight excluding hydrogens is 338 g/mol. The number of nitrogens with zero attached hydrogens (tertiary/aromatic N) is 1. The number of aromatic nitrogens is 1. The SMILES string of the molecule is NC(=S)c1ccc(C(=O)NCc2ccccc2Br)nc1. The Morgan fingerprint density at radius 2 is 2.05 bits per heavy atom. The van der Waals surface area contributed by atoms with Crippen molar-refractivity contribution in [1.29, 1.82) is 0 Å². The van der Waals surface area contributed by atoms with Crippen molar-refractivity contribution in [3.63, 3.8) is 0 Å². The average molecular weight is 350 g/mol. The molecule has 0 aliphatic heterocycles. The maximum Gasteiger partial charge on any atom is 0.270 e. The minimum atomic E-state index is -0.241. The van der Waals surface area contributed by atoms with Crippen LogP contribution in [0.25, 0.3) is 0 Å². The molecule has 0 aliphatic rings. The first kappa shape index (κ1) is 14.6. The van der Waals surface area contributed by atoms with Gasteiger partial charge in [-0.1, -0.05) is 46.3 Å². The van der Waals surface area contributed by atoms with Crippen molar-refractivity contribution in [3.8, 4) is 0 Å². The molecule has 2 rings (SSSR count). The van der Waals surface area contributed by atoms with Crippen LogP contribution in [0.1, 0.15) is 21.6 Å². The van der Waals surface area contributed by atoms with Crippen LogP contribution in [0.15, 0.2) is 47.1 Å². The molecule has 102 valence electrons. The van der Waals surface area contributed by atoms with E-state index in [1.807, 2.05) is 24.3 Å². The number of halogens is 1. The van der Waals surface area contributed by atoms with Crippen LogP contribution in [0.4, 0.5) is 0 Å². The Bertz CT molecular complexity index is 643. The Balaban J connectivity index is 2.02. The fourth-order valence-electron chi connectivity index (χ4n) is 1.58. The number of rotatable bonds is 4. The maximum absolute atomic E-state index is 12.0. The molecule has 1 aromatic carbocycles. The molecule has 0 unspecified atom stereocenters. The molecular formula is C14H12BrN3OS. The standard InChI is InChI=1S/C14H12BrN3OS/c15-11-4-2-1-3-9(11)7-18-14(19)12-6-5-10(8-17-12)13(16)20/h1-6,8H,7H2,(H2,16,20)(H,18,19). The molecule has 4 nitrogen and oxygen atoms in total. The van der Waals surface area contributed by atoms with E-state index in [0.29, 0.717) is 17.8 Å². The monoisotopic (exact) mass is 349 g/mol. The van der Waals surface area contributed by atoms with Crippen molar-refractivity contribution in [2.45, 2.75) is 6.54 Å². The van der Waals surface area contributed by atoms with Crippen LogP contribution >= 0.6 is 28.1 Å². The van der Waals surface area contributed by atoms with Crippen molar-refractivity contribution in [2.75, 3.05) is 0 Å². The summed E-state index contributed by atoms with van der Waals surface area (Å²) in [5, 5.41) is 2.81. The summed E-state index contributed by atoms with van der Waals surface area (Å²) in [6.07, 6.45) is 1.50. The van der Waals surface area contributed by atoms with Gasteiger partial charge in [-0.25, -0.2) is 0 Å². The topological polar surface area (TPSA) is 68.0 Å². The molecule has 0 fully saturated rings. The van der Waals surface area contributed by atoms with Gasteiger partial charge in [-0.3, -0.25) is 9.78 Å². The smallest absolute Gasteiger partial charge is 0.270 e. The Morgan fingerprint density at radius 1 is 1.30 bits per heavy atom. The van der Waals surface area contributed by atoms with Gasteiger partial charge in [0.2, 0.25) is 0 Å².